The van der Waals surface area contributed by atoms with Gasteiger partial charge in [-0.25, -0.2) is 9.78 Å². The topological polar surface area (TPSA) is 109 Å². The van der Waals surface area contributed by atoms with Crippen LogP contribution in [0.3, 0.4) is 0 Å². The van der Waals surface area contributed by atoms with Crippen molar-refractivity contribution in [2.75, 3.05) is 36.4 Å². The molecule has 0 atom stereocenters. The number of aromatic nitrogens is 2. The van der Waals surface area contributed by atoms with Gasteiger partial charge in [0.15, 0.2) is 0 Å². The predicted molar refractivity (Wildman–Crippen MR) is 143 cm³/mol. The smallest absolute Gasteiger partial charge is 0.330 e. The molecule has 0 saturated carbocycles. The van der Waals surface area contributed by atoms with E-state index < -0.39 is 6.03 Å². The quantitative estimate of drug-likeness (QED) is 0.388. The largest absolute Gasteiger partial charge is 0.495 e. The van der Waals surface area contributed by atoms with Crippen LogP contribution in [0, 0.1) is 0 Å². The number of benzene rings is 2. The molecular formula is C25H24Cl2N6O4. The second kappa shape index (κ2) is 10.9. The number of rotatable bonds is 8. The van der Waals surface area contributed by atoms with Gasteiger partial charge in [0.05, 0.1) is 26.5 Å². The summed E-state index contributed by atoms with van der Waals surface area (Å²) in [6.45, 7) is 3.87. The first-order valence-electron chi connectivity index (χ1n) is 11.0. The third-order valence-corrected chi connectivity index (χ3v) is 6.46. The van der Waals surface area contributed by atoms with Gasteiger partial charge in [-0.1, -0.05) is 48.0 Å². The number of nitrogens with zero attached hydrogens (tertiary/aromatic N) is 4. The van der Waals surface area contributed by atoms with Gasteiger partial charge >= 0.3 is 6.03 Å². The zero-order chi connectivity index (χ0) is 26.7. The first kappa shape index (κ1) is 26.1. The number of nitrogens with one attached hydrogen (secondary N) is 2. The molecule has 0 bridgehead atoms. The van der Waals surface area contributed by atoms with Crippen molar-refractivity contribution >= 4 is 58.3 Å². The average molecular weight is 543 g/mol. The Bertz CT molecular complexity index is 1360. The molecule has 2 heterocycles. The Kier molecular flexibility index (Phi) is 7.70. The van der Waals surface area contributed by atoms with Gasteiger partial charge in [-0.2, -0.15) is 4.98 Å². The summed E-state index contributed by atoms with van der Waals surface area (Å²) in [7, 11) is 4.53. The molecule has 0 spiro atoms. The monoisotopic (exact) mass is 542 g/mol. The molecular weight excluding hydrogens is 519 g/mol. The van der Waals surface area contributed by atoms with E-state index >= 15 is 0 Å². The van der Waals surface area contributed by atoms with Crippen LogP contribution in [0.4, 0.5) is 27.9 Å². The molecule has 1 aliphatic heterocycles. The SMILES string of the molecule is C=CC(=O)NCc1ccccc1Nc1ncc2c(n1)N(C)C(=O)N(c1c(Cl)c(OC)cc(OC)c1Cl)C2. The number of carbonyl (C=O) groups is 2. The molecule has 0 fully saturated rings. The fraction of sp³-hybridized carbons (Fsp3) is 0.200. The Morgan fingerprint density at radius 3 is 2.51 bits per heavy atom. The molecule has 1 aromatic heterocycles. The number of fused-ring (bicyclic) bond motifs is 1. The number of anilines is 4. The van der Waals surface area contributed by atoms with Crippen LogP contribution in [0.15, 0.2) is 49.2 Å². The summed E-state index contributed by atoms with van der Waals surface area (Å²) >= 11 is 13.1. The molecule has 4 rings (SSSR count). The van der Waals surface area contributed by atoms with E-state index in [1.54, 1.807) is 19.3 Å². The first-order valence-corrected chi connectivity index (χ1v) is 11.8. The van der Waals surface area contributed by atoms with Gasteiger partial charge in [0, 0.05) is 37.1 Å². The van der Waals surface area contributed by atoms with E-state index in [4.69, 9.17) is 32.7 Å². The number of urea groups is 1. The fourth-order valence-corrected chi connectivity index (χ4v) is 4.53. The van der Waals surface area contributed by atoms with Crippen molar-refractivity contribution in [3.8, 4) is 11.5 Å². The summed E-state index contributed by atoms with van der Waals surface area (Å²) in [5.74, 6) is 1.07. The number of hydrogen-bond acceptors (Lipinski definition) is 7. The van der Waals surface area contributed by atoms with Gasteiger partial charge in [0.2, 0.25) is 11.9 Å². The van der Waals surface area contributed by atoms with Crippen LogP contribution in [0.1, 0.15) is 11.1 Å². The van der Waals surface area contributed by atoms with Crippen molar-refractivity contribution in [2.45, 2.75) is 13.1 Å². The van der Waals surface area contributed by atoms with Crippen LogP contribution >= 0.6 is 23.2 Å². The van der Waals surface area contributed by atoms with E-state index in [0.717, 1.165) is 5.56 Å². The van der Waals surface area contributed by atoms with Crippen molar-refractivity contribution in [3.05, 3.63) is 70.4 Å². The van der Waals surface area contributed by atoms with Gasteiger partial charge in [-0.05, 0) is 17.7 Å². The third-order valence-electron chi connectivity index (χ3n) is 5.73. The van der Waals surface area contributed by atoms with Gasteiger partial charge in [0.25, 0.3) is 0 Å². The third kappa shape index (κ3) is 5.11. The lowest BCUT2D eigenvalue weighted by Crippen LogP contribution is -2.46. The summed E-state index contributed by atoms with van der Waals surface area (Å²) in [5.41, 5.74) is 2.47. The van der Waals surface area contributed by atoms with E-state index in [0.29, 0.717) is 28.6 Å². The molecule has 0 aliphatic carbocycles. The Morgan fingerprint density at radius 1 is 1.19 bits per heavy atom. The number of ether oxygens (including phenoxy) is 2. The van der Waals surface area contributed by atoms with Gasteiger partial charge in [-0.15, -0.1) is 0 Å². The van der Waals surface area contributed by atoms with Crippen LogP contribution in [-0.2, 0) is 17.9 Å². The molecule has 0 radical (unpaired) electrons. The van der Waals surface area contributed by atoms with E-state index in [1.807, 2.05) is 24.3 Å². The van der Waals surface area contributed by atoms with Crippen LogP contribution in [-0.4, -0.2) is 43.2 Å². The van der Waals surface area contributed by atoms with Crippen molar-refractivity contribution in [2.24, 2.45) is 0 Å². The highest BCUT2D eigenvalue weighted by Crippen LogP contribution is 2.47. The number of amides is 3. The number of hydrogen-bond donors (Lipinski definition) is 2. The van der Waals surface area contributed by atoms with Gasteiger partial charge in [0.1, 0.15) is 27.4 Å². The van der Waals surface area contributed by atoms with Crippen molar-refractivity contribution in [1.82, 2.24) is 15.3 Å². The average Bonchev–Trinajstić information content (AvgIpc) is 2.91. The van der Waals surface area contributed by atoms with E-state index in [2.05, 4.69) is 27.2 Å². The second-order valence-corrected chi connectivity index (χ2v) is 8.69. The number of carbonyl (C=O) groups excluding carboxylic acids is 2. The molecule has 3 aromatic rings. The lowest BCUT2D eigenvalue weighted by molar-refractivity contribution is -0.116. The Hall–Kier alpha value is -4.02. The molecule has 10 nitrogen and oxygen atoms in total. The number of halogens is 2. The summed E-state index contributed by atoms with van der Waals surface area (Å²) in [4.78, 5) is 36.8. The zero-order valence-electron chi connectivity index (χ0n) is 20.3. The second-order valence-electron chi connectivity index (χ2n) is 7.93. The fourth-order valence-electron chi connectivity index (χ4n) is 3.83. The summed E-state index contributed by atoms with van der Waals surface area (Å²) < 4.78 is 10.7. The summed E-state index contributed by atoms with van der Waals surface area (Å²) in [5, 5.41) is 6.27. The maximum Gasteiger partial charge on any atom is 0.330 e. The summed E-state index contributed by atoms with van der Waals surface area (Å²) in [6.07, 6.45) is 2.84. The van der Waals surface area contributed by atoms with Crippen molar-refractivity contribution in [3.63, 3.8) is 0 Å². The molecule has 2 aromatic carbocycles. The van der Waals surface area contributed by atoms with Crippen LogP contribution < -0.4 is 29.9 Å². The van der Waals surface area contributed by atoms with Crippen molar-refractivity contribution < 1.29 is 19.1 Å². The molecule has 1 aliphatic rings. The highest BCUT2D eigenvalue weighted by Gasteiger charge is 2.35. The maximum absolute atomic E-state index is 13.4. The molecule has 0 unspecified atom stereocenters. The lowest BCUT2D eigenvalue weighted by atomic mass is 10.1. The molecule has 3 amide bonds. The van der Waals surface area contributed by atoms with Crippen molar-refractivity contribution in [1.29, 1.82) is 0 Å². The normalized spacial score (nSPS) is 12.6. The van der Waals surface area contributed by atoms with Gasteiger partial charge < -0.3 is 20.1 Å². The number of methoxy groups -OCH3 is 2. The Balaban J connectivity index is 1.65. The molecule has 0 saturated heterocycles. The van der Waals surface area contributed by atoms with Crippen LogP contribution in [0.2, 0.25) is 10.0 Å². The predicted octanol–water partition coefficient (Wildman–Crippen LogP) is 4.92. The highest BCUT2D eigenvalue weighted by atomic mass is 35.5. The summed E-state index contributed by atoms with van der Waals surface area (Å²) in [6, 6.07) is 8.58. The lowest BCUT2D eigenvalue weighted by Gasteiger charge is -2.35. The van der Waals surface area contributed by atoms with E-state index in [1.165, 1.54) is 30.1 Å². The highest BCUT2D eigenvalue weighted by molar-refractivity contribution is 6.42. The Labute approximate surface area is 223 Å². The molecule has 12 heteroatoms. The van der Waals surface area contributed by atoms with Crippen LogP contribution in [0.25, 0.3) is 0 Å². The molecule has 192 valence electrons. The standard InChI is InChI=1S/C25H24Cl2N6O4/c1-5-19(34)28-11-14-8-6-7-9-16(14)30-24-29-12-15-13-33(25(35)32(2)23(15)31-24)22-20(26)17(36-3)10-18(37-4)21(22)27/h5-10,12H,1,11,13H2,2-4H3,(H,28,34)(H,29,30,31). The minimum atomic E-state index is -0.399. The number of para-hydroxylation sites is 1. The minimum absolute atomic E-state index is 0.124. The minimum Gasteiger partial charge on any atom is -0.495 e. The maximum atomic E-state index is 13.4. The van der Waals surface area contributed by atoms with E-state index in [9.17, 15) is 9.59 Å². The van der Waals surface area contributed by atoms with E-state index in [-0.39, 0.29) is 40.7 Å². The Morgan fingerprint density at radius 2 is 1.86 bits per heavy atom. The van der Waals surface area contributed by atoms with Gasteiger partial charge in [-0.3, -0.25) is 14.6 Å². The zero-order valence-corrected chi connectivity index (χ0v) is 21.9. The first-order chi connectivity index (χ1) is 17.8. The van der Waals surface area contributed by atoms with Crippen LogP contribution in [0.5, 0.6) is 11.5 Å². The molecule has 2 N–H and O–H groups in total. The molecule has 37 heavy (non-hydrogen) atoms.